The Labute approximate surface area is 103 Å². The largest absolute Gasteiger partial charge is 0.276 e. The van der Waals surface area contributed by atoms with E-state index in [0.717, 1.165) is 5.56 Å². The van der Waals surface area contributed by atoms with Crippen LogP contribution in [0, 0.1) is 0 Å². The second-order valence-corrected chi connectivity index (χ2v) is 3.58. The second-order valence-electron chi connectivity index (χ2n) is 2.17. The number of carbonyl (C=O) groups excluding carboxylic acids is 1. The molecule has 14 heavy (non-hydrogen) atoms. The number of rotatable bonds is 2. The third-order valence-electron chi connectivity index (χ3n) is 1.37. The lowest BCUT2D eigenvalue weighted by molar-refractivity contribution is 0.108. The fourth-order valence-electron chi connectivity index (χ4n) is 0.829. The van der Waals surface area contributed by atoms with Gasteiger partial charge in [-0.25, -0.2) is 0 Å². The van der Waals surface area contributed by atoms with Crippen LogP contribution >= 0.6 is 46.4 Å². The molecule has 0 heterocycles. The zero-order chi connectivity index (χ0) is 11.0. The van der Waals surface area contributed by atoms with Crippen LogP contribution in [0.5, 0.6) is 0 Å². The minimum Gasteiger partial charge on any atom is -0.276 e. The van der Waals surface area contributed by atoms with Crippen LogP contribution in [0.15, 0.2) is 24.3 Å². The van der Waals surface area contributed by atoms with Gasteiger partial charge in [-0.15, -0.1) is 34.8 Å². The molecule has 0 bridgehead atoms. The van der Waals surface area contributed by atoms with Gasteiger partial charge in [0.15, 0.2) is 0 Å². The molecule has 0 atom stereocenters. The molecule has 0 saturated heterocycles. The topological polar surface area (TPSA) is 17.1 Å². The summed E-state index contributed by atoms with van der Waals surface area (Å²) in [5.41, 5.74) is 1.26. The third-order valence-corrected chi connectivity index (χ3v) is 1.86. The molecular formula is C9H8Cl4O. The molecule has 0 aromatic heterocycles. The number of carbonyl (C=O) groups is 1. The molecule has 0 aliphatic heterocycles. The maximum Gasteiger partial charge on any atom is 0.252 e. The molecule has 0 fully saturated rings. The van der Waals surface area contributed by atoms with E-state index in [9.17, 15) is 4.79 Å². The predicted octanol–water partition coefficient (Wildman–Crippen LogP) is 4.23. The highest BCUT2D eigenvalue weighted by molar-refractivity contribution is 6.68. The fraction of sp³-hybridized carbons (Fsp3) is 0.222. The highest BCUT2D eigenvalue weighted by Gasteiger charge is 2.05. The lowest BCUT2D eigenvalue weighted by Gasteiger charge is -1.99. The Morgan fingerprint density at radius 1 is 1.14 bits per heavy atom. The van der Waals surface area contributed by atoms with Crippen molar-refractivity contribution in [2.45, 2.75) is 5.88 Å². The van der Waals surface area contributed by atoms with Crippen LogP contribution in [0.3, 0.4) is 0 Å². The zero-order valence-electron chi connectivity index (χ0n) is 7.14. The van der Waals surface area contributed by atoms with Gasteiger partial charge < -0.3 is 0 Å². The lowest BCUT2D eigenvalue weighted by atomic mass is 10.1. The predicted molar refractivity (Wildman–Crippen MR) is 62.8 cm³/mol. The number of alkyl halides is 3. The summed E-state index contributed by atoms with van der Waals surface area (Å²) in [6.45, 7) is 0. The first-order chi connectivity index (χ1) is 6.67. The van der Waals surface area contributed by atoms with Gasteiger partial charge in [-0.05, 0) is 23.2 Å². The van der Waals surface area contributed by atoms with Crippen LogP contribution in [-0.4, -0.2) is 10.6 Å². The summed E-state index contributed by atoms with van der Waals surface area (Å²) >= 11 is 20.4. The van der Waals surface area contributed by atoms with E-state index in [1.165, 1.54) is 0 Å². The molecular weight excluding hydrogens is 266 g/mol. The maximum atomic E-state index is 10.7. The molecule has 0 radical (unpaired) electrons. The Balaban J connectivity index is 0.000000500. The fourth-order valence-corrected chi connectivity index (χ4v) is 1.25. The van der Waals surface area contributed by atoms with Gasteiger partial charge in [0.05, 0.1) is 5.34 Å². The van der Waals surface area contributed by atoms with Crippen LogP contribution in [0.4, 0.5) is 0 Å². The Kier molecular flexibility index (Phi) is 8.40. The quantitative estimate of drug-likeness (QED) is 0.582. The summed E-state index contributed by atoms with van der Waals surface area (Å²) in [6.07, 6.45) is 0. The van der Waals surface area contributed by atoms with E-state index in [0.29, 0.717) is 11.4 Å². The summed E-state index contributed by atoms with van der Waals surface area (Å²) in [5, 5.41) is -0.263. The Morgan fingerprint density at radius 3 is 2.00 bits per heavy atom. The molecule has 0 N–H and O–H groups in total. The first-order valence-corrected chi connectivity index (χ1v) is 5.61. The van der Waals surface area contributed by atoms with Crippen LogP contribution in [-0.2, 0) is 5.88 Å². The highest BCUT2D eigenvalue weighted by atomic mass is 35.5. The SMILES string of the molecule is ClCCl.O=C(Cl)c1ccccc1CCl. The van der Waals surface area contributed by atoms with Gasteiger partial charge in [-0.2, -0.15) is 0 Å². The molecule has 1 aromatic rings. The number of benzene rings is 1. The van der Waals surface area contributed by atoms with Crippen LogP contribution < -0.4 is 0 Å². The van der Waals surface area contributed by atoms with Crippen molar-refractivity contribution in [1.82, 2.24) is 0 Å². The van der Waals surface area contributed by atoms with Gasteiger partial charge in [-0.3, -0.25) is 4.79 Å². The van der Waals surface area contributed by atoms with Gasteiger partial charge in [0, 0.05) is 11.4 Å². The molecule has 0 spiro atoms. The van der Waals surface area contributed by atoms with E-state index in [-0.39, 0.29) is 5.34 Å². The second kappa shape index (κ2) is 8.37. The molecule has 0 aliphatic carbocycles. The molecule has 78 valence electrons. The van der Waals surface area contributed by atoms with Crippen molar-refractivity contribution < 1.29 is 4.79 Å². The van der Waals surface area contributed by atoms with Gasteiger partial charge in [-0.1, -0.05) is 18.2 Å². The Morgan fingerprint density at radius 2 is 1.64 bits per heavy atom. The zero-order valence-corrected chi connectivity index (χ0v) is 10.2. The van der Waals surface area contributed by atoms with Gasteiger partial charge >= 0.3 is 0 Å². The molecule has 1 aromatic carbocycles. The summed E-state index contributed by atoms with van der Waals surface area (Å²) < 4.78 is 0. The smallest absolute Gasteiger partial charge is 0.252 e. The number of hydrogen-bond acceptors (Lipinski definition) is 1. The molecule has 0 amide bonds. The summed E-state index contributed by atoms with van der Waals surface area (Å²) in [6, 6.07) is 7.02. The highest BCUT2D eigenvalue weighted by Crippen LogP contribution is 2.13. The van der Waals surface area contributed by atoms with Crippen LogP contribution in [0.25, 0.3) is 0 Å². The van der Waals surface area contributed by atoms with Crippen molar-refractivity contribution in [2.24, 2.45) is 0 Å². The minimum atomic E-state index is -0.457. The van der Waals surface area contributed by atoms with Crippen molar-refractivity contribution in [3.8, 4) is 0 Å². The molecule has 0 aliphatic rings. The maximum absolute atomic E-state index is 10.7. The first-order valence-electron chi connectivity index (χ1n) is 3.63. The summed E-state index contributed by atoms with van der Waals surface area (Å²) in [4.78, 5) is 10.7. The third kappa shape index (κ3) is 5.06. The normalized spacial score (nSPS) is 8.86. The van der Waals surface area contributed by atoms with Gasteiger partial charge in [0.25, 0.3) is 5.24 Å². The standard InChI is InChI=1S/C8H6Cl2O.CH2Cl2/c9-5-6-3-1-2-4-7(6)8(10)11;2-1-3/h1-4H,5H2;1H2. The Bertz CT molecular complexity index is 288. The van der Waals surface area contributed by atoms with E-state index in [4.69, 9.17) is 46.4 Å². The molecule has 1 nitrogen and oxygen atoms in total. The van der Waals surface area contributed by atoms with E-state index < -0.39 is 5.24 Å². The van der Waals surface area contributed by atoms with E-state index >= 15 is 0 Å². The number of halogens is 4. The molecule has 0 unspecified atom stereocenters. The minimum absolute atomic E-state index is 0.194. The molecule has 0 saturated carbocycles. The van der Waals surface area contributed by atoms with E-state index in [2.05, 4.69) is 0 Å². The Hall–Kier alpha value is 0.0500. The van der Waals surface area contributed by atoms with Crippen LogP contribution in [0.1, 0.15) is 15.9 Å². The molecule has 1 rings (SSSR count). The van der Waals surface area contributed by atoms with Crippen molar-refractivity contribution in [1.29, 1.82) is 0 Å². The average Bonchev–Trinajstić information content (AvgIpc) is 2.19. The van der Waals surface area contributed by atoms with Crippen molar-refractivity contribution in [3.63, 3.8) is 0 Å². The van der Waals surface area contributed by atoms with E-state index in [1.807, 2.05) is 6.07 Å². The summed E-state index contributed by atoms with van der Waals surface area (Å²) in [5.74, 6) is 0.314. The van der Waals surface area contributed by atoms with Crippen molar-refractivity contribution >= 4 is 51.6 Å². The van der Waals surface area contributed by atoms with Gasteiger partial charge in [0.2, 0.25) is 0 Å². The van der Waals surface area contributed by atoms with Gasteiger partial charge in [0.1, 0.15) is 0 Å². The average molecular weight is 274 g/mol. The first kappa shape index (κ1) is 14.1. The monoisotopic (exact) mass is 272 g/mol. The van der Waals surface area contributed by atoms with Crippen LogP contribution in [0.2, 0.25) is 0 Å². The van der Waals surface area contributed by atoms with E-state index in [1.54, 1.807) is 18.2 Å². The summed E-state index contributed by atoms with van der Waals surface area (Å²) in [7, 11) is 0. The van der Waals surface area contributed by atoms with Crippen molar-refractivity contribution in [3.05, 3.63) is 35.4 Å². The molecule has 5 heteroatoms. The number of hydrogen-bond donors (Lipinski definition) is 0. The lowest BCUT2D eigenvalue weighted by Crippen LogP contribution is -1.93. The van der Waals surface area contributed by atoms with Crippen molar-refractivity contribution in [2.75, 3.05) is 5.34 Å².